The molecule has 0 aliphatic heterocycles. The summed E-state index contributed by atoms with van der Waals surface area (Å²) in [6.07, 6.45) is 0.315. The number of fused-ring (bicyclic) bond motifs is 1. The van der Waals surface area contributed by atoms with Crippen molar-refractivity contribution in [3.63, 3.8) is 0 Å². The van der Waals surface area contributed by atoms with Crippen molar-refractivity contribution >= 4 is 22.8 Å². The second kappa shape index (κ2) is 9.14. The molecule has 1 aliphatic carbocycles. The van der Waals surface area contributed by atoms with Gasteiger partial charge in [0, 0.05) is 48.7 Å². The lowest BCUT2D eigenvalue weighted by atomic mass is 9.59. The van der Waals surface area contributed by atoms with Crippen LogP contribution >= 0.6 is 0 Å². The highest BCUT2D eigenvalue weighted by Crippen LogP contribution is 2.54. The minimum Gasteiger partial charge on any atom is -0.468 e. The van der Waals surface area contributed by atoms with Gasteiger partial charge in [0.1, 0.15) is 17.0 Å². The first kappa shape index (κ1) is 25.5. The van der Waals surface area contributed by atoms with E-state index in [1.807, 2.05) is 0 Å². The van der Waals surface area contributed by atoms with Gasteiger partial charge in [0.05, 0.1) is 24.8 Å². The summed E-state index contributed by atoms with van der Waals surface area (Å²) in [7, 11) is 2.34. The van der Waals surface area contributed by atoms with E-state index in [9.17, 15) is 27.9 Å². The number of esters is 2. The molecule has 36 heavy (non-hydrogen) atoms. The van der Waals surface area contributed by atoms with Crippen molar-refractivity contribution in [2.45, 2.75) is 31.0 Å². The SMILES string of the molecule is CCOC(=O)c1cnc2c(-c3cc(F)cc(F)c3F)c(F)ccc2c1C1(C(=O)OC)CC(O)(OC)C1. The highest BCUT2D eigenvalue weighted by molar-refractivity contribution is 6.05. The highest BCUT2D eigenvalue weighted by atomic mass is 19.2. The third kappa shape index (κ3) is 3.88. The molecule has 2 aromatic carbocycles. The van der Waals surface area contributed by atoms with Crippen LogP contribution in [0.3, 0.4) is 0 Å². The van der Waals surface area contributed by atoms with Gasteiger partial charge in [-0.1, -0.05) is 0 Å². The highest BCUT2D eigenvalue weighted by Gasteiger charge is 2.62. The predicted molar refractivity (Wildman–Crippen MR) is 118 cm³/mol. The van der Waals surface area contributed by atoms with Gasteiger partial charge < -0.3 is 19.3 Å². The van der Waals surface area contributed by atoms with Crippen LogP contribution in [0.5, 0.6) is 0 Å². The molecule has 1 aliphatic rings. The Morgan fingerprint density at radius 3 is 2.39 bits per heavy atom. The quantitative estimate of drug-likeness (QED) is 0.232. The molecule has 190 valence electrons. The molecule has 1 heterocycles. The zero-order valence-corrected chi connectivity index (χ0v) is 19.5. The van der Waals surface area contributed by atoms with E-state index in [2.05, 4.69) is 4.98 Å². The molecular formula is C25H21F4NO6. The van der Waals surface area contributed by atoms with E-state index in [0.29, 0.717) is 12.1 Å². The van der Waals surface area contributed by atoms with Gasteiger partial charge in [0.15, 0.2) is 17.4 Å². The summed E-state index contributed by atoms with van der Waals surface area (Å²) >= 11 is 0. The monoisotopic (exact) mass is 507 g/mol. The van der Waals surface area contributed by atoms with Crippen LogP contribution in [0.2, 0.25) is 0 Å². The van der Waals surface area contributed by atoms with Gasteiger partial charge >= 0.3 is 11.9 Å². The van der Waals surface area contributed by atoms with Crippen LogP contribution in [0.15, 0.2) is 30.5 Å². The molecule has 1 aromatic heterocycles. The van der Waals surface area contributed by atoms with E-state index in [-0.39, 0.29) is 41.5 Å². The molecule has 0 bridgehead atoms. The zero-order chi connectivity index (χ0) is 26.4. The summed E-state index contributed by atoms with van der Waals surface area (Å²) in [5, 5.41) is 10.6. The van der Waals surface area contributed by atoms with Crippen molar-refractivity contribution in [3.05, 3.63) is 64.9 Å². The topological polar surface area (TPSA) is 95.0 Å². The Morgan fingerprint density at radius 1 is 1.08 bits per heavy atom. The number of benzene rings is 2. The van der Waals surface area contributed by atoms with Crippen molar-refractivity contribution in [1.29, 1.82) is 0 Å². The maximum atomic E-state index is 15.1. The van der Waals surface area contributed by atoms with Gasteiger partial charge in [-0.3, -0.25) is 9.78 Å². The van der Waals surface area contributed by atoms with E-state index in [4.69, 9.17) is 14.2 Å². The third-order valence-corrected chi connectivity index (χ3v) is 6.34. The molecule has 1 N–H and O–H groups in total. The van der Waals surface area contributed by atoms with Crippen LogP contribution in [0, 0.1) is 23.3 Å². The van der Waals surface area contributed by atoms with Crippen LogP contribution in [0.4, 0.5) is 17.6 Å². The van der Waals surface area contributed by atoms with Crippen LogP contribution in [-0.4, -0.2) is 48.6 Å². The number of carbonyl (C=O) groups is 2. The number of nitrogens with zero attached hydrogens (tertiary/aromatic N) is 1. The lowest BCUT2D eigenvalue weighted by Gasteiger charge is -2.50. The molecule has 0 amide bonds. The standard InChI is InChI=1S/C25H21F4NO6/c1-4-36-22(31)15-9-30-21-13(19(15)24(23(32)34-2)10-25(33,11-24)35-3)5-6-16(27)18(21)14-7-12(26)8-17(28)20(14)29/h5-9,33H,4,10-11H2,1-3H3. The number of aromatic nitrogens is 1. The number of carbonyl (C=O) groups excluding carboxylic acids is 2. The summed E-state index contributed by atoms with van der Waals surface area (Å²) in [4.78, 5) is 30.0. The van der Waals surface area contributed by atoms with E-state index in [0.717, 1.165) is 19.4 Å². The summed E-state index contributed by atoms with van der Waals surface area (Å²) in [6.45, 7) is 1.54. The smallest absolute Gasteiger partial charge is 0.340 e. The molecule has 0 radical (unpaired) electrons. The summed E-state index contributed by atoms with van der Waals surface area (Å²) in [5.74, 6) is -8.71. The first-order valence-electron chi connectivity index (χ1n) is 10.8. The normalized spacial score (nSPS) is 21.2. The van der Waals surface area contributed by atoms with Gasteiger partial charge in [-0.15, -0.1) is 0 Å². The number of ether oxygens (including phenoxy) is 3. The fraction of sp³-hybridized carbons (Fsp3) is 0.320. The van der Waals surface area contributed by atoms with Crippen molar-refractivity contribution in [2.24, 2.45) is 0 Å². The second-order valence-electron chi connectivity index (χ2n) is 8.41. The number of halogens is 4. The number of pyridine rings is 1. The Hall–Kier alpha value is -3.57. The van der Waals surface area contributed by atoms with Crippen LogP contribution < -0.4 is 0 Å². The Labute approximate surface area is 202 Å². The molecule has 0 spiro atoms. The summed E-state index contributed by atoms with van der Waals surface area (Å²) in [5.41, 5.74) is -3.48. The van der Waals surface area contributed by atoms with Gasteiger partial charge in [0.25, 0.3) is 0 Å². The van der Waals surface area contributed by atoms with E-state index in [1.54, 1.807) is 6.92 Å². The van der Waals surface area contributed by atoms with E-state index < -0.39 is 57.5 Å². The zero-order valence-electron chi connectivity index (χ0n) is 19.5. The minimum atomic E-state index is -1.74. The largest absolute Gasteiger partial charge is 0.468 e. The Bertz CT molecular complexity index is 1390. The van der Waals surface area contributed by atoms with Gasteiger partial charge in [-0.25, -0.2) is 22.4 Å². The van der Waals surface area contributed by atoms with Crippen molar-refractivity contribution < 1.29 is 46.5 Å². The molecular weight excluding hydrogens is 486 g/mol. The predicted octanol–water partition coefficient (Wildman–Crippen LogP) is 4.17. The Morgan fingerprint density at radius 2 is 1.78 bits per heavy atom. The van der Waals surface area contributed by atoms with Crippen LogP contribution in [-0.2, 0) is 24.4 Å². The number of hydrogen-bond acceptors (Lipinski definition) is 7. The van der Waals surface area contributed by atoms with Gasteiger partial charge in [-0.05, 0) is 30.7 Å². The maximum absolute atomic E-state index is 15.1. The first-order chi connectivity index (χ1) is 17.0. The Kier molecular flexibility index (Phi) is 6.48. The van der Waals surface area contributed by atoms with Crippen LogP contribution in [0.25, 0.3) is 22.0 Å². The van der Waals surface area contributed by atoms with Gasteiger partial charge in [0.2, 0.25) is 0 Å². The third-order valence-electron chi connectivity index (χ3n) is 6.34. The molecule has 1 fully saturated rings. The van der Waals surface area contributed by atoms with E-state index in [1.165, 1.54) is 13.2 Å². The fourth-order valence-corrected chi connectivity index (χ4v) is 4.77. The number of methoxy groups -OCH3 is 2. The fourth-order valence-electron chi connectivity index (χ4n) is 4.77. The minimum absolute atomic E-state index is 0.00965. The molecule has 0 atom stereocenters. The van der Waals surface area contributed by atoms with Crippen LogP contribution in [0.1, 0.15) is 35.7 Å². The lowest BCUT2D eigenvalue weighted by Crippen LogP contribution is -2.60. The molecule has 11 heteroatoms. The van der Waals surface area contributed by atoms with Crippen molar-refractivity contribution in [2.75, 3.05) is 20.8 Å². The summed E-state index contributed by atoms with van der Waals surface area (Å²) in [6, 6.07) is 3.01. The number of aliphatic hydroxyl groups is 1. The average Bonchev–Trinajstić information content (AvgIpc) is 2.83. The lowest BCUT2D eigenvalue weighted by molar-refractivity contribution is -0.263. The summed E-state index contributed by atoms with van der Waals surface area (Å²) < 4.78 is 72.9. The molecule has 3 aromatic rings. The van der Waals surface area contributed by atoms with Crippen molar-refractivity contribution in [1.82, 2.24) is 4.98 Å². The molecule has 0 unspecified atom stereocenters. The maximum Gasteiger partial charge on any atom is 0.340 e. The second-order valence-corrected chi connectivity index (χ2v) is 8.41. The first-order valence-corrected chi connectivity index (χ1v) is 10.8. The average molecular weight is 507 g/mol. The molecule has 0 saturated heterocycles. The Balaban J connectivity index is 2.11. The number of rotatable bonds is 6. The number of hydrogen-bond donors (Lipinski definition) is 1. The molecule has 1 saturated carbocycles. The van der Waals surface area contributed by atoms with Crippen molar-refractivity contribution in [3.8, 4) is 11.1 Å². The van der Waals surface area contributed by atoms with E-state index >= 15 is 4.39 Å². The molecule has 7 nitrogen and oxygen atoms in total. The van der Waals surface area contributed by atoms with Gasteiger partial charge in [-0.2, -0.15) is 0 Å². The molecule has 4 rings (SSSR count).